The van der Waals surface area contributed by atoms with Gasteiger partial charge in [-0.1, -0.05) is 18.2 Å². The summed E-state index contributed by atoms with van der Waals surface area (Å²) in [4.78, 5) is 11.3. The molecule has 2 atom stereocenters. The van der Waals surface area contributed by atoms with Crippen molar-refractivity contribution in [3.63, 3.8) is 0 Å². The smallest absolute Gasteiger partial charge is 0.305 e. The first-order valence-corrected chi connectivity index (χ1v) is 10.0. The van der Waals surface area contributed by atoms with Gasteiger partial charge >= 0.3 is 5.97 Å². The highest BCUT2D eigenvalue weighted by Crippen LogP contribution is 2.33. The molecule has 1 unspecified atom stereocenters. The van der Waals surface area contributed by atoms with Crippen molar-refractivity contribution in [2.24, 2.45) is 0 Å². The molecule has 2 N–H and O–H groups in total. The molecule has 2 rings (SSSR count). The van der Waals surface area contributed by atoms with Crippen LogP contribution in [0.1, 0.15) is 49.9 Å². The number of aryl methyl sites for hydroxylation is 2. The Balaban J connectivity index is 2.62. The summed E-state index contributed by atoms with van der Waals surface area (Å²) in [5, 5.41) is 9.24. The maximum absolute atomic E-state index is 14.6. The quantitative estimate of drug-likeness (QED) is 0.719. The van der Waals surface area contributed by atoms with Crippen LogP contribution in [0.5, 0.6) is 0 Å². The van der Waals surface area contributed by atoms with Gasteiger partial charge in [0, 0.05) is 5.56 Å². The third-order valence-electron chi connectivity index (χ3n) is 4.39. The number of carboxylic acid groups (broad SMARTS) is 1. The first kappa shape index (κ1) is 22.2. The normalized spacial score (nSPS) is 14.0. The number of aliphatic carboxylic acids is 1. The zero-order chi connectivity index (χ0) is 21.2. The van der Waals surface area contributed by atoms with Gasteiger partial charge in [0.15, 0.2) is 11.6 Å². The van der Waals surface area contributed by atoms with E-state index in [1.165, 1.54) is 6.07 Å². The summed E-state index contributed by atoms with van der Waals surface area (Å²) >= 11 is 0. The number of nitrogens with one attached hydrogen (secondary N) is 1. The van der Waals surface area contributed by atoms with E-state index in [2.05, 4.69) is 4.72 Å². The van der Waals surface area contributed by atoms with Crippen molar-refractivity contribution in [2.75, 3.05) is 0 Å². The summed E-state index contributed by atoms with van der Waals surface area (Å²) in [7, 11) is -1.66. The fraction of sp³-hybridized carbons (Fsp3) is 0.381. The largest absolute Gasteiger partial charge is 0.481 e. The predicted octanol–water partition coefficient (Wildman–Crippen LogP) is 4.82. The van der Waals surface area contributed by atoms with Gasteiger partial charge in [-0.25, -0.2) is 17.7 Å². The van der Waals surface area contributed by atoms with Crippen LogP contribution in [0, 0.1) is 25.5 Å². The van der Waals surface area contributed by atoms with Gasteiger partial charge in [-0.15, -0.1) is 0 Å². The Bertz CT molecular complexity index is 902. The van der Waals surface area contributed by atoms with Crippen LogP contribution in [-0.2, 0) is 15.8 Å². The molecule has 0 radical (unpaired) electrons. The third kappa shape index (κ3) is 5.02. The molecule has 2 aromatic carbocycles. The molecular weight excluding hydrogens is 384 g/mol. The lowest BCUT2D eigenvalue weighted by atomic mass is 9.92. The van der Waals surface area contributed by atoms with Crippen LogP contribution < -0.4 is 4.72 Å². The monoisotopic (exact) mass is 409 g/mol. The minimum Gasteiger partial charge on any atom is -0.481 e. The van der Waals surface area contributed by atoms with E-state index in [-0.39, 0.29) is 5.56 Å². The van der Waals surface area contributed by atoms with Crippen molar-refractivity contribution in [3.8, 4) is 11.1 Å². The molecule has 0 aromatic heterocycles. The fourth-order valence-corrected chi connectivity index (χ4v) is 3.80. The molecule has 0 spiro atoms. The van der Waals surface area contributed by atoms with Crippen LogP contribution in [0.25, 0.3) is 11.1 Å². The van der Waals surface area contributed by atoms with Gasteiger partial charge in [0.2, 0.25) is 0 Å². The lowest BCUT2D eigenvalue weighted by Crippen LogP contribution is -2.37. The highest BCUT2D eigenvalue weighted by molar-refractivity contribution is 7.84. The Hall–Kier alpha value is -2.12. The molecule has 0 saturated carbocycles. The molecule has 0 heterocycles. The van der Waals surface area contributed by atoms with Gasteiger partial charge in [-0.2, -0.15) is 0 Å². The summed E-state index contributed by atoms with van der Waals surface area (Å²) in [5.74, 6) is -3.42. The second-order valence-corrected chi connectivity index (χ2v) is 9.78. The molecule has 0 fully saturated rings. The van der Waals surface area contributed by atoms with Crippen LogP contribution in [-0.4, -0.2) is 20.0 Å². The van der Waals surface area contributed by atoms with Crippen LogP contribution in [0.4, 0.5) is 8.78 Å². The van der Waals surface area contributed by atoms with Gasteiger partial charge in [-0.3, -0.25) is 4.79 Å². The second kappa shape index (κ2) is 8.49. The first-order chi connectivity index (χ1) is 12.9. The third-order valence-corrected chi connectivity index (χ3v) is 6.00. The van der Waals surface area contributed by atoms with E-state index in [9.17, 15) is 22.9 Å². The lowest BCUT2D eigenvalue weighted by Gasteiger charge is -2.24. The summed E-state index contributed by atoms with van der Waals surface area (Å²) in [6.45, 7) is 8.85. The zero-order valence-electron chi connectivity index (χ0n) is 16.6. The average Bonchev–Trinajstić information content (AvgIpc) is 2.55. The maximum atomic E-state index is 14.6. The summed E-state index contributed by atoms with van der Waals surface area (Å²) in [6.07, 6.45) is -0.533. The van der Waals surface area contributed by atoms with Crippen molar-refractivity contribution in [1.29, 1.82) is 0 Å². The van der Waals surface area contributed by atoms with E-state index >= 15 is 0 Å². The second-order valence-electron chi connectivity index (χ2n) is 7.78. The lowest BCUT2D eigenvalue weighted by molar-refractivity contribution is -0.137. The van der Waals surface area contributed by atoms with Crippen LogP contribution in [0.2, 0.25) is 0 Å². The minimum absolute atomic E-state index is 0.155. The summed E-state index contributed by atoms with van der Waals surface area (Å²) < 4.78 is 43.5. The number of carboxylic acids is 1. The molecule has 0 aliphatic carbocycles. The maximum Gasteiger partial charge on any atom is 0.305 e. The van der Waals surface area contributed by atoms with Gasteiger partial charge in [0.05, 0.1) is 28.2 Å². The number of halogens is 2. The standard InChI is InChI=1S/C21H25F2NO3S/c1-12-7-6-8-13(2)19(12)14-9-15(20(23)16(22)10-14)17(11-18(25)26)24-28(27)21(3,4)5/h6-10,17,24H,11H2,1-5H3,(H,25,26)/t17-,28?/m0/s1. The number of carbonyl (C=O) groups is 1. The minimum atomic E-state index is -1.66. The first-order valence-electron chi connectivity index (χ1n) is 8.87. The number of rotatable bonds is 6. The number of hydrogen-bond acceptors (Lipinski definition) is 2. The van der Waals surface area contributed by atoms with E-state index in [0.29, 0.717) is 5.56 Å². The molecule has 7 heteroatoms. The number of hydrogen-bond donors (Lipinski definition) is 2. The Morgan fingerprint density at radius 2 is 1.75 bits per heavy atom. The van der Waals surface area contributed by atoms with Crippen molar-refractivity contribution in [2.45, 2.75) is 51.8 Å². The highest BCUT2D eigenvalue weighted by Gasteiger charge is 2.28. The molecule has 4 nitrogen and oxygen atoms in total. The Labute approximate surface area is 166 Å². The van der Waals surface area contributed by atoms with Crippen molar-refractivity contribution >= 4 is 17.0 Å². The van der Waals surface area contributed by atoms with Crippen molar-refractivity contribution < 1.29 is 22.9 Å². The molecule has 0 aliphatic rings. The molecule has 152 valence electrons. The summed E-state index contributed by atoms with van der Waals surface area (Å²) in [5.41, 5.74) is 2.82. The predicted molar refractivity (Wildman–Crippen MR) is 107 cm³/mol. The molecular formula is C21H25F2NO3S. The molecule has 28 heavy (non-hydrogen) atoms. The molecule has 2 aromatic rings. The number of benzene rings is 2. The van der Waals surface area contributed by atoms with E-state index in [4.69, 9.17) is 0 Å². The van der Waals surface area contributed by atoms with E-state index in [1.807, 2.05) is 32.0 Å². The molecule has 0 amide bonds. The Morgan fingerprint density at radius 1 is 1.18 bits per heavy atom. The Kier molecular flexibility index (Phi) is 6.72. The van der Waals surface area contributed by atoms with Crippen LogP contribution >= 0.6 is 0 Å². The molecule has 0 bridgehead atoms. The van der Waals surface area contributed by atoms with Gasteiger partial charge < -0.3 is 5.11 Å². The fourth-order valence-electron chi connectivity index (χ4n) is 2.97. The van der Waals surface area contributed by atoms with Crippen molar-refractivity contribution in [3.05, 3.63) is 58.7 Å². The summed E-state index contributed by atoms with van der Waals surface area (Å²) in [6, 6.07) is 7.00. The molecule has 0 saturated heterocycles. The molecule has 0 aliphatic heterocycles. The van der Waals surface area contributed by atoms with Crippen LogP contribution in [0.3, 0.4) is 0 Å². The van der Waals surface area contributed by atoms with E-state index in [1.54, 1.807) is 20.8 Å². The van der Waals surface area contributed by atoms with Gasteiger partial charge in [0.25, 0.3) is 0 Å². The van der Waals surface area contributed by atoms with Crippen LogP contribution in [0.15, 0.2) is 30.3 Å². The Morgan fingerprint density at radius 3 is 2.25 bits per heavy atom. The zero-order valence-corrected chi connectivity index (χ0v) is 17.4. The van der Waals surface area contributed by atoms with E-state index in [0.717, 1.165) is 22.8 Å². The topological polar surface area (TPSA) is 66.4 Å². The van der Waals surface area contributed by atoms with E-state index < -0.39 is 45.8 Å². The van der Waals surface area contributed by atoms with Gasteiger partial charge in [0.1, 0.15) is 0 Å². The average molecular weight is 409 g/mol. The van der Waals surface area contributed by atoms with Gasteiger partial charge in [-0.05, 0) is 69.0 Å². The van der Waals surface area contributed by atoms with Crippen molar-refractivity contribution in [1.82, 2.24) is 4.72 Å². The highest BCUT2D eigenvalue weighted by atomic mass is 32.2. The SMILES string of the molecule is Cc1cccc(C)c1-c1cc(F)c(F)c([C@H](CC(=O)O)NS(=O)C(C)(C)C)c1.